The molecular weight excluding hydrogens is 210 g/mol. The highest BCUT2D eigenvalue weighted by molar-refractivity contribution is 8.11. The van der Waals surface area contributed by atoms with Gasteiger partial charge in [0, 0.05) is 5.69 Å². The van der Waals surface area contributed by atoms with Crippen LogP contribution in [-0.2, 0) is 0 Å². The fourth-order valence-corrected chi connectivity index (χ4v) is 1.64. The summed E-state index contributed by atoms with van der Waals surface area (Å²) in [6.45, 7) is 0. The zero-order valence-electron chi connectivity index (χ0n) is 7.40. The summed E-state index contributed by atoms with van der Waals surface area (Å²) < 4.78 is 0.486. The Hall–Kier alpha value is -1.06. The van der Waals surface area contributed by atoms with Gasteiger partial charge in [0.1, 0.15) is 4.32 Å². The van der Waals surface area contributed by atoms with Gasteiger partial charge in [-0.1, -0.05) is 42.5 Å². The first-order chi connectivity index (χ1) is 6.75. The fraction of sp³-hybridized carbons (Fsp3) is 0. The van der Waals surface area contributed by atoms with Gasteiger partial charge in [0.15, 0.2) is 0 Å². The van der Waals surface area contributed by atoms with E-state index in [1.54, 1.807) is 0 Å². The number of anilines is 1. The molecule has 3 heteroatoms. The van der Waals surface area contributed by atoms with Crippen LogP contribution in [0.3, 0.4) is 0 Å². The minimum atomic E-state index is 0.486. The monoisotopic (exact) mass is 219 g/mol. The Labute approximate surface area is 93.5 Å². The highest BCUT2D eigenvalue weighted by Gasteiger charge is 1.95. The quantitative estimate of drug-likeness (QED) is 0.562. The molecule has 1 nitrogen and oxygen atoms in total. The third-order valence-electron chi connectivity index (χ3n) is 2.00. The molecule has 0 aliphatic carbocycles. The lowest BCUT2D eigenvalue weighted by Crippen LogP contribution is -1.99. The Morgan fingerprint density at radius 1 is 1.07 bits per heavy atom. The van der Waals surface area contributed by atoms with Crippen LogP contribution >= 0.6 is 24.8 Å². The second kappa shape index (κ2) is 3.98. The molecule has 2 aromatic carbocycles. The summed E-state index contributed by atoms with van der Waals surface area (Å²) in [5, 5.41) is 5.41. The van der Waals surface area contributed by atoms with Crippen molar-refractivity contribution >= 4 is 45.6 Å². The standard InChI is InChI=1S/C11H9NS2/c13-11(14)12-10-6-5-8-3-1-2-4-9(8)7-10/h1-7H,(H2,12,13,14). The highest BCUT2D eigenvalue weighted by atomic mass is 32.1. The van der Waals surface area contributed by atoms with Crippen LogP contribution in [-0.4, -0.2) is 4.32 Å². The van der Waals surface area contributed by atoms with E-state index in [4.69, 9.17) is 12.2 Å². The van der Waals surface area contributed by atoms with Crippen molar-refractivity contribution in [3.05, 3.63) is 42.5 Å². The van der Waals surface area contributed by atoms with Crippen molar-refractivity contribution in [3.63, 3.8) is 0 Å². The minimum absolute atomic E-state index is 0.486. The summed E-state index contributed by atoms with van der Waals surface area (Å²) in [6.07, 6.45) is 0. The molecule has 0 aromatic heterocycles. The van der Waals surface area contributed by atoms with Gasteiger partial charge in [0.2, 0.25) is 0 Å². The van der Waals surface area contributed by atoms with Gasteiger partial charge in [-0.05, 0) is 22.9 Å². The zero-order chi connectivity index (χ0) is 9.97. The first-order valence-electron chi connectivity index (χ1n) is 4.24. The second-order valence-electron chi connectivity index (χ2n) is 2.99. The zero-order valence-corrected chi connectivity index (χ0v) is 9.11. The van der Waals surface area contributed by atoms with Crippen molar-refractivity contribution in [2.45, 2.75) is 0 Å². The van der Waals surface area contributed by atoms with E-state index < -0.39 is 0 Å². The van der Waals surface area contributed by atoms with Gasteiger partial charge in [-0.15, -0.1) is 12.6 Å². The van der Waals surface area contributed by atoms with E-state index in [1.165, 1.54) is 10.8 Å². The number of thiocarbonyl (C=S) groups is 1. The molecule has 1 N–H and O–H groups in total. The Morgan fingerprint density at radius 3 is 2.50 bits per heavy atom. The lowest BCUT2D eigenvalue weighted by molar-refractivity contribution is 1.70. The van der Waals surface area contributed by atoms with Crippen LogP contribution in [0.25, 0.3) is 10.8 Å². The Kier molecular flexibility index (Phi) is 2.70. The number of benzene rings is 2. The number of nitrogens with one attached hydrogen (secondary N) is 1. The molecule has 14 heavy (non-hydrogen) atoms. The molecular formula is C11H9NS2. The molecule has 0 fully saturated rings. The molecule has 0 aliphatic rings. The predicted molar refractivity (Wildman–Crippen MR) is 69.2 cm³/mol. The lowest BCUT2D eigenvalue weighted by Gasteiger charge is -2.04. The number of fused-ring (bicyclic) bond motifs is 1. The van der Waals surface area contributed by atoms with Crippen LogP contribution in [0.1, 0.15) is 0 Å². The summed E-state index contributed by atoms with van der Waals surface area (Å²) in [5.74, 6) is 0. The molecule has 2 rings (SSSR count). The van der Waals surface area contributed by atoms with Crippen molar-refractivity contribution in [2.75, 3.05) is 5.32 Å². The average molecular weight is 219 g/mol. The molecule has 0 amide bonds. The van der Waals surface area contributed by atoms with Gasteiger partial charge in [0.25, 0.3) is 0 Å². The van der Waals surface area contributed by atoms with E-state index in [-0.39, 0.29) is 0 Å². The van der Waals surface area contributed by atoms with E-state index in [0.717, 1.165) is 5.69 Å². The molecule has 0 unspecified atom stereocenters. The molecule has 2 aromatic rings. The Bertz CT molecular complexity index is 479. The van der Waals surface area contributed by atoms with Crippen LogP contribution in [0.2, 0.25) is 0 Å². The summed E-state index contributed by atoms with van der Waals surface area (Å²) >= 11 is 8.88. The summed E-state index contributed by atoms with van der Waals surface area (Å²) in [4.78, 5) is 0. The van der Waals surface area contributed by atoms with Gasteiger partial charge >= 0.3 is 0 Å². The average Bonchev–Trinajstić information content (AvgIpc) is 2.17. The van der Waals surface area contributed by atoms with Crippen LogP contribution in [0.15, 0.2) is 42.5 Å². The molecule has 0 spiro atoms. The summed E-state index contributed by atoms with van der Waals surface area (Å²) in [7, 11) is 0. The molecule has 0 saturated heterocycles. The number of thiol groups is 1. The number of hydrogen-bond donors (Lipinski definition) is 2. The lowest BCUT2D eigenvalue weighted by atomic mass is 10.1. The minimum Gasteiger partial charge on any atom is -0.341 e. The van der Waals surface area contributed by atoms with Crippen LogP contribution in [0.5, 0.6) is 0 Å². The topological polar surface area (TPSA) is 12.0 Å². The van der Waals surface area contributed by atoms with Gasteiger partial charge in [-0.3, -0.25) is 0 Å². The fourth-order valence-electron chi connectivity index (χ4n) is 1.39. The van der Waals surface area contributed by atoms with Crippen molar-refractivity contribution in [1.82, 2.24) is 0 Å². The number of rotatable bonds is 1. The van der Waals surface area contributed by atoms with Gasteiger partial charge in [-0.25, -0.2) is 0 Å². The van der Waals surface area contributed by atoms with Gasteiger partial charge < -0.3 is 5.32 Å². The van der Waals surface area contributed by atoms with Crippen molar-refractivity contribution < 1.29 is 0 Å². The first kappa shape index (κ1) is 9.49. The maximum absolute atomic E-state index is 4.85. The van der Waals surface area contributed by atoms with E-state index in [9.17, 15) is 0 Å². The summed E-state index contributed by atoms with van der Waals surface area (Å²) in [6, 6.07) is 14.3. The second-order valence-corrected chi connectivity index (χ2v) is 4.15. The Morgan fingerprint density at radius 2 is 1.79 bits per heavy atom. The maximum Gasteiger partial charge on any atom is 0.135 e. The first-order valence-corrected chi connectivity index (χ1v) is 5.10. The van der Waals surface area contributed by atoms with E-state index in [0.29, 0.717) is 4.32 Å². The molecule has 0 heterocycles. The van der Waals surface area contributed by atoms with E-state index >= 15 is 0 Å². The SMILES string of the molecule is S=C(S)Nc1ccc2ccccc2c1. The van der Waals surface area contributed by atoms with Crippen LogP contribution in [0.4, 0.5) is 5.69 Å². The summed E-state index contributed by atoms with van der Waals surface area (Å²) in [5.41, 5.74) is 0.976. The largest absolute Gasteiger partial charge is 0.341 e. The Balaban J connectivity index is 2.46. The van der Waals surface area contributed by atoms with Crippen molar-refractivity contribution in [2.24, 2.45) is 0 Å². The smallest absolute Gasteiger partial charge is 0.135 e. The predicted octanol–water partition coefficient (Wildman–Crippen LogP) is 3.47. The van der Waals surface area contributed by atoms with Gasteiger partial charge in [0.05, 0.1) is 0 Å². The van der Waals surface area contributed by atoms with Crippen molar-refractivity contribution in [3.8, 4) is 0 Å². The third kappa shape index (κ3) is 2.05. The van der Waals surface area contributed by atoms with Gasteiger partial charge in [-0.2, -0.15) is 0 Å². The van der Waals surface area contributed by atoms with Crippen LogP contribution in [0, 0.1) is 0 Å². The molecule has 0 aliphatic heterocycles. The molecule has 0 atom stereocenters. The molecule has 0 saturated carbocycles. The third-order valence-corrected chi connectivity index (χ3v) is 2.21. The maximum atomic E-state index is 4.85. The number of hydrogen-bond acceptors (Lipinski definition) is 1. The highest BCUT2D eigenvalue weighted by Crippen LogP contribution is 2.18. The van der Waals surface area contributed by atoms with E-state index in [1.807, 2.05) is 18.2 Å². The molecule has 0 bridgehead atoms. The van der Waals surface area contributed by atoms with E-state index in [2.05, 4.69) is 42.2 Å². The normalized spacial score (nSPS) is 10.1. The van der Waals surface area contributed by atoms with Crippen LogP contribution < -0.4 is 5.32 Å². The van der Waals surface area contributed by atoms with Crippen molar-refractivity contribution in [1.29, 1.82) is 0 Å². The molecule has 0 radical (unpaired) electrons. The molecule has 70 valence electrons.